The van der Waals surface area contributed by atoms with Crippen molar-refractivity contribution >= 4 is 21.8 Å². The van der Waals surface area contributed by atoms with E-state index < -0.39 is 0 Å². The summed E-state index contributed by atoms with van der Waals surface area (Å²) in [6.45, 7) is 5.19. The third-order valence-corrected chi connectivity index (χ3v) is 3.41. The number of nitrogens with zero attached hydrogens (tertiary/aromatic N) is 1. The Balaban J connectivity index is 2.02. The fourth-order valence-electron chi connectivity index (χ4n) is 1.80. The first-order valence-electron chi connectivity index (χ1n) is 6.14. The van der Waals surface area contributed by atoms with Crippen LogP contribution in [0.1, 0.15) is 43.7 Å². The molecule has 0 aliphatic heterocycles. The molecule has 3 nitrogen and oxygen atoms in total. The molecule has 0 saturated heterocycles. The van der Waals surface area contributed by atoms with Crippen LogP contribution in [0.4, 0.5) is 0 Å². The summed E-state index contributed by atoms with van der Waals surface area (Å²) in [7, 11) is 0. The summed E-state index contributed by atoms with van der Waals surface area (Å²) < 4.78 is 5.95. The van der Waals surface area contributed by atoms with Crippen molar-refractivity contribution in [3.8, 4) is 0 Å². The molecule has 1 aliphatic rings. The molecule has 1 fully saturated rings. The van der Waals surface area contributed by atoms with Crippen molar-refractivity contribution in [2.75, 3.05) is 6.54 Å². The molecule has 0 radical (unpaired) electrons. The second-order valence-corrected chi connectivity index (χ2v) is 5.80. The molecule has 1 heterocycles. The van der Waals surface area contributed by atoms with Crippen LogP contribution in [0.25, 0.3) is 0 Å². The van der Waals surface area contributed by atoms with Gasteiger partial charge in [0.25, 0.3) is 5.91 Å². The molecule has 94 valence electrons. The van der Waals surface area contributed by atoms with E-state index in [4.69, 9.17) is 4.42 Å². The highest BCUT2D eigenvalue weighted by Crippen LogP contribution is 2.29. The molecule has 0 atom stereocenters. The molecule has 1 amide bonds. The Morgan fingerprint density at radius 3 is 2.71 bits per heavy atom. The van der Waals surface area contributed by atoms with Crippen LogP contribution < -0.4 is 0 Å². The topological polar surface area (TPSA) is 33.5 Å². The third-order valence-electron chi connectivity index (χ3n) is 2.98. The number of amides is 1. The van der Waals surface area contributed by atoms with Gasteiger partial charge in [0.15, 0.2) is 10.4 Å². The lowest BCUT2D eigenvalue weighted by Crippen LogP contribution is -2.34. The Hall–Kier alpha value is -0.770. The molecular weight excluding hydrogens is 282 g/mol. The van der Waals surface area contributed by atoms with Gasteiger partial charge < -0.3 is 9.32 Å². The van der Waals surface area contributed by atoms with Gasteiger partial charge in [-0.25, -0.2) is 0 Å². The fourth-order valence-corrected chi connectivity index (χ4v) is 2.11. The lowest BCUT2D eigenvalue weighted by molar-refractivity contribution is 0.0701. The van der Waals surface area contributed by atoms with E-state index in [1.165, 1.54) is 0 Å². The zero-order valence-electron chi connectivity index (χ0n) is 10.3. The van der Waals surface area contributed by atoms with Gasteiger partial charge in [0.2, 0.25) is 0 Å². The van der Waals surface area contributed by atoms with Crippen LogP contribution in [0, 0.1) is 5.92 Å². The average molecular weight is 300 g/mol. The van der Waals surface area contributed by atoms with Gasteiger partial charge in [-0.15, -0.1) is 0 Å². The highest BCUT2D eigenvalue weighted by Gasteiger charge is 2.33. The van der Waals surface area contributed by atoms with E-state index in [-0.39, 0.29) is 5.91 Å². The fraction of sp³-hybridized carbons (Fsp3) is 0.615. The monoisotopic (exact) mass is 299 g/mol. The number of hydrogen-bond donors (Lipinski definition) is 0. The molecule has 0 bridgehead atoms. The summed E-state index contributed by atoms with van der Waals surface area (Å²) in [6, 6.07) is 3.93. The van der Waals surface area contributed by atoms with Gasteiger partial charge in [-0.3, -0.25) is 4.79 Å². The van der Waals surface area contributed by atoms with Crippen LogP contribution in [-0.2, 0) is 0 Å². The number of halogens is 1. The summed E-state index contributed by atoms with van der Waals surface area (Å²) in [6.07, 6.45) is 3.31. The molecular formula is C13H18BrNO2. The van der Waals surface area contributed by atoms with Gasteiger partial charge in [-0.2, -0.15) is 0 Å². The first-order chi connectivity index (χ1) is 8.08. The van der Waals surface area contributed by atoms with E-state index in [1.807, 2.05) is 4.90 Å². The number of hydrogen-bond acceptors (Lipinski definition) is 2. The van der Waals surface area contributed by atoms with E-state index in [1.54, 1.807) is 12.1 Å². The molecule has 1 aliphatic carbocycles. The van der Waals surface area contributed by atoms with Gasteiger partial charge >= 0.3 is 0 Å². The highest BCUT2D eigenvalue weighted by atomic mass is 79.9. The van der Waals surface area contributed by atoms with E-state index in [9.17, 15) is 4.79 Å². The summed E-state index contributed by atoms with van der Waals surface area (Å²) in [5, 5.41) is 0. The number of furan rings is 1. The summed E-state index contributed by atoms with van der Waals surface area (Å²) in [4.78, 5) is 14.2. The Morgan fingerprint density at radius 1 is 1.53 bits per heavy atom. The van der Waals surface area contributed by atoms with E-state index in [2.05, 4.69) is 29.8 Å². The SMILES string of the molecule is CC(C)CCN(C(=O)c1ccc(Br)o1)C1CC1. The van der Waals surface area contributed by atoms with Crippen LogP contribution in [0.5, 0.6) is 0 Å². The Bertz CT molecular complexity index is 396. The van der Waals surface area contributed by atoms with Crippen LogP contribution in [0.15, 0.2) is 21.2 Å². The molecule has 1 aromatic rings. The Kier molecular flexibility index (Phi) is 3.92. The van der Waals surface area contributed by atoms with Gasteiger partial charge in [0, 0.05) is 12.6 Å². The standard InChI is InChI=1S/C13H18BrNO2/c1-9(2)7-8-15(10-3-4-10)13(16)11-5-6-12(14)17-11/h5-6,9-10H,3-4,7-8H2,1-2H3. The molecule has 0 N–H and O–H groups in total. The van der Waals surface area contributed by atoms with E-state index in [0.29, 0.717) is 22.4 Å². The molecule has 0 aromatic carbocycles. The maximum Gasteiger partial charge on any atom is 0.289 e. The lowest BCUT2D eigenvalue weighted by Gasteiger charge is -2.22. The van der Waals surface area contributed by atoms with Crippen LogP contribution >= 0.6 is 15.9 Å². The van der Waals surface area contributed by atoms with Crippen LogP contribution in [-0.4, -0.2) is 23.4 Å². The maximum absolute atomic E-state index is 12.3. The van der Waals surface area contributed by atoms with E-state index in [0.717, 1.165) is 25.8 Å². The molecule has 0 unspecified atom stereocenters. The van der Waals surface area contributed by atoms with Gasteiger partial charge in [0.05, 0.1) is 0 Å². The van der Waals surface area contributed by atoms with Crippen molar-refractivity contribution in [1.29, 1.82) is 0 Å². The smallest absolute Gasteiger partial charge is 0.289 e. The zero-order chi connectivity index (χ0) is 12.4. The molecule has 1 saturated carbocycles. The summed E-state index contributed by atoms with van der Waals surface area (Å²) >= 11 is 3.23. The first-order valence-corrected chi connectivity index (χ1v) is 6.93. The second-order valence-electron chi connectivity index (χ2n) is 5.02. The average Bonchev–Trinajstić information content (AvgIpc) is 3.00. The van der Waals surface area contributed by atoms with Crippen molar-refractivity contribution in [1.82, 2.24) is 4.90 Å². The third kappa shape index (κ3) is 3.35. The zero-order valence-corrected chi connectivity index (χ0v) is 11.9. The van der Waals surface area contributed by atoms with Crippen molar-refractivity contribution in [3.05, 3.63) is 22.6 Å². The Morgan fingerprint density at radius 2 is 2.24 bits per heavy atom. The minimum absolute atomic E-state index is 0.0267. The second kappa shape index (κ2) is 5.25. The van der Waals surface area contributed by atoms with Gasteiger partial charge in [-0.05, 0) is 53.2 Å². The lowest BCUT2D eigenvalue weighted by atomic mass is 10.1. The number of carbonyl (C=O) groups excluding carboxylic acids is 1. The van der Waals surface area contributed by atoms with Crippen LogP contribution in [0.3, 0.4) is 0 Å². The minimum atomic E-state index is 0.0267. The molecule has 1 aromatic heterocycles. The van der Waals surface area contributed by atoms with Gasteiger partial charge in [0.1, 0.15) is 0 Å². The summed E-state index contributed by atoms with van der Waals surface area (Å²) in [5.41, 5.74) is 0. The van der Waals surface area contributed by atoms with Crippen LogP contribution in [0.2, 0.25) is 0 Å². The predicted molar refractivity (Wildman–Crippen MR) is 69.9 cm³/mol. The van der Waals surface area contributed by atoms with Gasteiger partial charge in [-0.1, -0.05) is 13.8 Å². The normalized spacial score (nSPS) is 15.3. The van der Waals surface area contributed by atoms with E-state index >= 15 is 0 Å². The molecule has 4 heteroatoms. The Labute approximate surface area is 110 Å². The largest absolute Gasteiger partial charge is 0.444 e. The van der Waals surface area contributed by atoms with Crippen molar-refractivity contribution in [2.45, 2.75) is 39.2 Å². The highest BCUT2D eigenvalue weighted by molar-refractivity contribution is 9.10. The first kappa shape index (κ1) is 12.7. The molecule has 2 rings (SSSR count). The predicted octanol–water partition coefficient (Wildman–Crippen LogP) is 3.69. The minimum Gasteiger partial charge on any atom is -0.444 e. The number of rotatable bonds is 5. The quantitative estimate of drug-likeness (QED) is 0.831. The maximum atomic E-state index is 12.3. The molecule has 17 heavy (non-hydrogen) atoms. The molecule has 0 spiro atoms. The van der Waals surface area contributed by atoms with Crippen molar-refractivity contribution < 1.29 is 9.21 Å². The summed E-state index contributed by atoms with van der Waals surface area (Å²) in [5.74, 6) is 1.08. The van der Waals surface area contributed by atoms with Crippen molar-refractivity contribution in [2.24, 2.45) is 5.92 Å². The number of carbonyl (C=O) groups is 1. The van der Waals surface area contributed by atoms with Crippen molar-refractivity contribution in [3.63, 3.8) is 0 Å².